The minimum atomic E-state index is -0.486. The van der Waals surface area contributed by atoms with Gasteiger partial charge in [0.2, 0.25) is 11.8 Å². The first-order valence-electron chi connectivity index (χ1n) is 9.58. The van der Waals surface area contributed by atoms with Crippen LogP contribution in [-0.2, 0) is 14.3 Å². The van der Waals surface area contributed by atoms with E-state index in [0.717, 1.165) is 0 Å². The van der Waals surface area contributed by atoms with Crippen molar-refractivity contribution in [2.24, 2.45) is 0 Å². The predicted octanol–water partition coefficient (Wildman–Crippen LogP) is 0.663. The van der Waals surface area contributed by atoms with Crippen molar-refractivity contribution in [3.8, 4) is 5.75 Å². The second-order valence-corrected chi connectivity index (χ2v) is 7.20. The Balaban J connectivity index is 1.59. The van der Waals surface area contributed by atoms with Crippen LogP contribution in [0.15, 0.2) is 24.3 Å². The third-order valence-corrected chi connectivity index (χ3v) is 5.22. The van der Waals surface area contributed by atoms with Crippen LogP contribution in [0.1, 0.15) is 29.6 Å². The van der Waals surface area contributed by atoms with Crippen LogP contribution in [0.25, 0.3) is 0 Å². The van der Waals surface area contributed by atoms with Crippen LogP contribution in [0.2, 0.25) is 0 Å². The number of carbonyl (C=O) groups is 3. The predicted molar refractivity (Wildman–Crippen MR) is 102 cm³/mol. The Bertz CT molecular complexity index is 730. The largest absolute Gasteiger partial charge is 0.489 e. The van der Waals surface area contributed by atoms with Crippen molar-refractivity contribution in [1.29, 1.82) is 0 Å². The van der Waals surface area contributed by atoms with Crippen molar-refractivity contribution < 1.29 is 23.9 Å². The molecule has 1 N–H and O–H groups in total. The third kappa shape index (κ3) is 4.62. The average molecular weight is 389 g/mol. The number of likely N-dealkylation sites (tertiary alicyclic amines) is 2. The van der Waals surface area contributed by atoms with Crippen molar-refractivity contribution in [3.63, 3.8) is 0 Å². The van der Waals surface area contributed by atoms with Crippen LogP contribution >= 0.6 is 0 Å². The molecule has 0 unspecified atom stereocenters. The first-order chi connectivity index (χ1) is 13.5. The number of methoxy groups -OCH3 is 1. The van der Waals surface area contributed by atoms with E-state index < -0.39 is 6.04 Å². The number of para-hydroxylation sites is 1. The Morgan fingerprint density at radius 1 is 1.14 bits per heavy atom. The molecule has 2 aliphatic heterocycles. The molecule has 0 bridgehead atoms. The highest BCUT2D eigenvalue weighted by atomic mass is 16.5. The number of likely N-dealkylation sites (N-methyl/N-ethyl adjacent to an activating group) is 1. The van der Waals surface area contributed by atoms with Gasteiger partial charge >= 0.3 is 0 Å². The van der Waals surface area contributed by atoms with Gasteiger partial charge in [-0.1, -0.05) is 12.1 Å². The van der Waals surface area contributed by atoms with Gasteiger partial charge in [-0.2, -0.15) is 0 Å². The number of benzene rings is 1. The lowest BCUT2D eigenvalue weighted by Crippen LogP contribution is -2.43. The quantitative estimate of drug-likeness (QED) is 0.772. The normalized spacial score (nSPS) is 20.4. The fourth-order valence-electron chi connectivity index (χ4n) is 3.57. The Kier molecular flexibility index (Phi) is 6.51. The van der Waals surface area contributed by atoms with E-state index in [9.17, 15) is 14.4 Å². The van der Waals surface area contributed by atoms with Crippen molar-refractivity contribution in [1.82, 2.24) is 15.1 Å². The number of nitrogens with one attached hydrogen (secondary N) is 1. The molecule has 2 heterocycles. The van der Waals surface area contributed by atoms with E-state index in [0.29, 0.717) is 50.2 Å². The van der Waals surface area contributed by atoms with Crippen LogP contribution in [0, 0.1) is 0 Å². The maximum Gasteiger partial charge on any atom is 0.255 e. The molecule has 3 amide bonds. The Hall–Kier alpha value is -2.61. The van der Waals surface area contributed by atoms with Crippen LogP contribution in [0.3, 0.4) is 0 Å². The number of ether oxygens (including phenoxy) is 2. The summed E-state index contributed by atoms with van der Waals surface area (Å²) in [4.78, 5) is 40.0. The molecule has 0 aliphatic carbocycles. The summed E-state index contributed by atoms with van der Waals surface area (Å²) in [5, 5.41) is 2.81. The molecule has 0 saturated carbocycles. The standard InChI is InChI=1S/C20H27N3O5/c1-22-10-9-16(20(22)26)21-19(25)15-5-3-4-6-17(15)28-14-7-11-23(12-8-14)18(24)13-27-2/h3-6,14,16H,7-13H2,1-2H3,(H,21,25)/t16-/m0/s1. The molecule has 2 aliphatic rings. The Morgan fingerprint density at radius 3 is 2.50 bits per heavy atom. The van der Waals surface area contributed by atoms with Crippen molar-refractivity contribution in [2.45, 2.75) is 31.4 Å². The summed E-state index contributed by atoms with van der Waals surface area (Å²) >= 11 is 0. The summed E-state index contributed by atoms with van der Waals surface area (Å²) in [6, 6.07) is 6.57. The van der Waals surface area contributed by atoms with Gasteiger partial charge in [-0.25, -0.2) is 0 Å². The number of hydrogen-bond acceptors (Lipinski definition) is 5. The lowest BCUT2D eigenvalue weighted by Gasteiger charge is -2.32. The number of rotatable bonds is 6. The van der Waals surface area contributed by atoms with E-state index in [2.05, 4.69) is 5.32 Å². The summed E-state index contributed by atoms with van der Waals surface area (Å²) < 4.78 is 11.0. The summed E-state index contributed by atoms with van der Waals surface area (Å²) in [7, 11) is 3.24. The molecule has 2 saturated heterocycles. The number of piperidine rings is 1. The van der Waals surface area contributed by atoms with Gasteiger partial charge in [-0.05, 0) is 18.6 Å². The molecular formula is C20H27N3O5. The van der Waals surface area contributed by atoms with Crippen LogP contribution in [0.5, 0.6) is 5.75 Å². The lowest BCUT2D eigenvalue weighted by molar-refractivity contribution is -0.137. The molecule has 2 fully saturated rings. The van der Waals surface area contributed by atoms with Crippen LogP contribution in [-0.4, -0.2) is 80.1 Å². The first kappa shape index (κ1) is 20.1. The molecule has 1 aromatic carbocycles. The topological polar surface area (TPSA) is 88.2 Å². The number of nitrogens with zero attached hydrogens (tertiary/aromatic N) is 2. The maximum absolute atomic E-state index is 12.7. The van der Waals surface area contributed by atoms with Gasteiger partial charge in [0.1, 0.15) is 24.5 Å². The van der Waals surface area contributed by atoms with Gasteiger partial charge in [0.25, 0.3) is 5.91 Å². The molecule has 0 spiro atoms. The third-order valence-electron chi connectivity index (χ3n) is 5.22. The molecule has 8 nitrogen and oxygen atoms in total. The van der Waals surface area contributed by atoms with Gasteiger partial charge in [-0.3, -0.25) is 14.4 Å². The van der Waals surface area contributed by atoms with Gasteiger partial charge in [0, 0.05) is 46.6 Å². The zero-order valence-electron chi connectivity index (χ0n) is 16.3. The van der Waals surface area contributed by atoms with Crippen molar-refractivity contribution in [3.05, 3.63) is 29.8 Å². The Morgan fingerprint density at radius 2 is 1.86 bits per heavy atom. The molecule has 0 aromatic heterocycles. The molecule has 152 valence electrons. The molecular weight excluding hydrogens is 362 g/mol. The monoisotopic (exact) mass is 389 g/mol. The minimum absolute atomic E-state index is 0.0214. The average Bonchev–Trinajstić information content (AvgIpc) is 3.01. The van der Waals surface area contributed by atoms with Gasteiger partial charge in [-0.15, -0.1) is 0 Å². The maximum atomic E-state index is 12.7. The number of hydrogen-bond donors (Lipinski definition) is 1. The van der Waals surface area contributed by atoms with Gasteiger partial charge in [0.05, 0.1) is 5.56 Å². The highest BCUT2D eigenvalue weighted by Gasteiger charge is 2.31. The molecule has 8 heteroatoms. The zero-order valence-corrected chi connectivity index (χ0v) is 16.3. The summed E-state index contributed by atoms with van der Waals surface area (Å²) in [5.74, 6) is 0.101. The molecule has 0 radical (unpaired) electrons. The second kappa shape index (κ2) is 9.05. The Labute approximate surface area is 164 Å². The highest BCUT2D eigenvalue weighted by molar-refractivity contribution is 6.00. The smallest absolute Gasteiger partial charge is 0.255 e. The zero-order chi connectivity index (χ0) is 20.1. The SMILES string of the molecule is COCC(=O)N1CCC(Oc2ccccc2C(=O)N[C@H]2CCN(C)C2=O)CC1. The van der Waals surface area contributed by atoms with E-state index in [-0.39, 0.29) is 30.4 Å². The fraction of sp³-hybridized carbons (Fsp3) is 0.550. The van der Waals surface area contributed by atoms with Crippen LogP contribution < -0.4 is 10.1 Å². The fourth-order valence-corrected chi connectivity index (χ4v) is 3.57. The minimum Gasteiger partial charge on any atom is -0.489 e. The molecule has 3 rings (SSSR count). The van der Waals surface area contributed by atoms with E-state index in [1.807, 2.05) is 6.07 Å². The molecule has 1 aromatic rings. The van der Waals surface area contributed by atoms with Gasteiger partial charge in [0.15, 0.2) is 0 Å². The molecule has 1 atom stereocenters. The highest BCUT2D eigenvalue weighted by Crippen LogP contribution is 2.24. The lowest BCUT2D eigenvalue weighted by atomic mass is 10.1. The van der Waals surface area contributed by atoms with Gasteiger partial charge < -0.3 is 24.6 Å². The van der Waals surface area contributed by atoms with Crippen LogP contribution in [0.4, 0.5) is 0 Å². The van der Waals surface area contributed by atoms with E-state index in [1.54, 1.807) is 35.0 Å². The number of amides is 3. The van der Waals surface area contributed by atoms with E-state index in [1.165, 1.54) is 7.11 Å². The summed E-state index contributed by atoms with van der Waals surface area (Å²) in [6.45, 7) is 1.93. The van der Waals surface area contributed by atoms with Crippen molar-refractivity contribution in [2.75, 3.05) is 40.4 Å². The first-order valence-corrected chi connectivity index (χ1v) is 9.58. The summed E-state index contributed by atoms with van der Waals surface area (Å²) in [5.41, 5.74) is 0.419. The van der Waals surface area contributed by atoms with E-state index >= 15 is 0 Å². The number of carbonyl (C=O) groups excluding carboxylic acids is 3. The second-order valence-electron chi connectivity index (χ2n) is 7.20. The van der Waals surface area contributed by atoms with E-state index in [4.69, 9.17) is 9.47 Å². The molecule has 28 heavy (non-hydrogen) atoms. The van der Waals surface area contributed by atoms with Crippen molar-refractivity contribution >= 4 is 17.7 Å². The summed E-state index contributed by atoms with van der Waals surface area (Å²) in [6.07, 6.45) is 1.92.